The number of pyridine rings is 3. The van der Waals surface area contributed by atoms with Crippen LogP contribution in [0, 0.1) is 0 Å². The molecule has 0 aliphatic carbocycles. The normalized spacial score (nSPS) is 12.5. The second kappa shape index (κ2) is 4.01. The van der Waals surface area contributed by atoms with E-state index in [-0.39, 0.29) is 5.41 Å². The first-order chi connectivity index (χ1) is 10.0. The van der Waals surface area contributed by atoms with Crippen molar-refractivity contribution in [2.45, 2.75) is 26.2 Å². The molecule has 0 unspecified atom stereocenters. The topological polar surface area (TPSA) is 43.1 Å². The Morgan fingerprint density at radius 3 is 2.62 bits per heavy atom. The Hall–Kier alpha value is -2.49. The molecule has 0 N–H and O–H groups in total. The predicted octanol–water partition coefficient (Wildman–Crippen LogP) is 3.73. The summed E-state index contributed by atoms with van der Waals surface area (Å²) in [5.74, 6) is 0. The molecule has 0 radical (unpaired) electrons. The summed E-state index contributed by atoms with van der Waals surface area (Å²) in [6.45, 7) is 6.53. The third kappa shape index (κ3) is 1.79. The summed E-state index contributed by atoms with van der Waals surface area (Å²) in [6.07, 6.45) is 5.64. The van der Waals surface area contributed by atoms with Gasteiger partial charge in [0.05, 0.1) is 22.7 Å². The van der Waals surface area contributed by atoms with Crippen LogP contribution in [-0.2, 0) is 5.41 Å². The molecule has 0 atom stereocenters. The first kappa shape index (κ1) is 12.3. The van der Waals surface area contributed by atoms with Crippen LogP contribution in [0.15, 0.2) is 42.9 Å². The lowest BCUT2D eigenvalue weighted by Gasteiger charge is -2.18. The van der Waals surface area contributed by atoms with Gasteiger partial charge in [0.25, 0.3) is 0 Å². The van der Waals surface area contributed by atoms with Crippen LogP contribution in [0.4, 0.5) is 0 Å². The lowest BCUT2D eigenvalue weighted by Crippen LogP contribution is -2.13. The molecule has 4 aromatic heterocycles. The highest BCUT2D eigenvalue weighted by Gasteiger charge is 2.16. The van der Waals surface area contributed by atoms with E-state index in [0.717, 1.165) is 33.3 Å². The van der Waals surface area contributed by atoms with Crippen molar-refractivity contribution < 1.29 is 0 Å². The minimum absolute atomic E-state index is 0.0460. The molecule has 0 saturated carbocycles. The van der Waals surface area contributed by atoms with E-state index in [4.69, 9.17) is 9.97 Å². The van der Waals surface area contributed by atoms with Crippen molar-refractivity contribution >= 4 is 27.6 Å². The Balaban J connectivity index is 2.10. The minimum Gasteiger partial charge on any atom is -0.298 e. The first-order valence-corrected chi connectivity index (χ1v) is 7.06. The van der Waals surface area contributed by atoms with Crippen LogP contribution in [0.5, 0.6) is 0 Å². The zero-order valence-electron chi connectivity index (χ0n) is 12.3. The quantitative estimate of drug-likeness (QED) is 0.491. The van der Waals surface area contributed by atoms with E-state index in [0.29, 0.717) is 0 Å². The predicted molar refractivity (Wildman–Crippen MR) is 84.5 cm³/mol. The van der Waals surface area contributed by atoms with Crippen LogP contribution in [-0.4, -0.2) is 19.4 Å². The molecule has 4 heterocycles. The molecule has 0 amide bonds. The number of aromatic nitrogens is 4. The van der Waals surface area contributed by atoms with Crippen LogP contribution in [0.1, 0.15) is 26.5 Å². The highest BCUT2D eigenvalue weighted by Crippen LogP contribution is 2.26. The standard InChI is InChI=1S/C17H16N4/c1-17(2,3)15-5-4-11-12(19-15)7-9-21-14-10-18-8-6-13(14)20-16(11)21/h4-10H,1-3H3. The largest absolute Gasteiger partial charge is 0.298 e. The highest BCUT2D eigenvalue weighted by atomic mass is 15.0. The highest BCUT2D eigenvalue weighted by molar-refractivity contribution is 5.96. The molecule has 0 aliphatic rings. The summed E-state index contributed by atoms with van der Waals surface area (Å²) < 4.78 is 2.07. The molecule has 0 saturated heterocycles. The van der Waals surface area contributed by atoms with Crippen molar-refractivity contribution in [3.05, 3.63) is 48.5 Å². The van der Waals surface area contributed by atoms with E-state index in [1.165, 1.54) is 0 Å². The van der Waals surface area contributed by atoms with Gasteiger partial charge >= 0.3 is 0 Å². The third-order valence-corrected chi connectivity index (χ3v) is 3.81. The zero-order chi connectivity index (χ0) is 14.6. The summed E-state index contributed by atoms with van der Waals surface area (Å²) >= 11 is 0. The van der Waals surface area contributed by atoms with E-state index in [1.54, 1.807) is 6.20 Å². The Labute approximate surface area is 122 Å². The van der Waals surface area contributed by atoms with Gasteiger partial charge in [-0.3, -0.25) is 14.4 Å². The number of fused-ring (bicyclic) bond motifs is 5. The Morgan fingerprint density at radius 1 is 0.952 bits per heavy atom. The molecule has 0 bridgehead atoms. The fourth-order valence-electron chi connectivity index (χ4n) is 2.64. The van der Waals surface area contributed by atoms with E-state index >= 15 is 0 Å². The van der Waals surface area contributed by atoms with Gasteiger partial charge in [-0.05, 0) is 24.3 Å². The average Bonchev–Trinajstić information content (AvgIpc) is 2.84. The van der Waals surface area contributed by atoms with Gasteiger partial charge in [-0.15, -0.1) is 0 Å². The van der Waals surface area contributed by atoms with Gasteiger partial charge < -0.3 is 0 Å². The average molecular weight is 276 g/mol. The molecule has 0 spiro atoms. The van der Waals surface area contributed by atoms with E-state index in [9.17, 15) is 0 Å². The van der Waals surface area contributed by atoms with Gasteiger partial charge in [0.2, 0.25) is 0 Å². The van der Waals surface area contributed by atoms with Gasteiger partial charge in [0, 0.05) is 28.9 Å². The molecular weight excluding hydrogens is 260 g/mol. The SMILES string of the molecule is CC(C)(C)c1ccc2c(ccn3c4cnccc4nc23)n1. The molecule has 0 aliphatic heterocycles. The maximum absolute atomic E-state index is 4.80. The van der Waals surface area contributed by atoms with Crippen LogP contribution >= 0.6 is 0 Å². The molecule has 0 fully saturated rings. The van der Waals surface area contributed by atoms with Crippen LogP contribution in [0.3, 0.4) is 0 Å². The summed E-state index contributed by atoms with van der Waals surface area (Å²) in [7, 11) is 0. The first-order valence-electron chi connectivity index (χ1n) is 7.06. The maximum Gasteiger partial charge on any atom is 0.147 e. The van der Waals surface area contributed by atoms with Crippen LogP contribution in [0.2, 0.25) is 0 Å². The van der Waals surface area contributed by atoms with Crippen LogP contribution in [0.25, 0.3) is 27.6 Å². The van der Waals surface area contributed by atoms with Crippen molar-refractivity contribution in [1.82, 2.24) is 19.4 Å². The fourth-order valence-corrected chi connectivity index (χ4v) is 2.64. The lowest BCUT2D eigenvalue weighted by atomic mass is 9.91. The summed E-state index contributed by atoms with van der Waals surface area (Å²) in [5, 5.41) is 1.07. The molecule has 21 heavy (non-hydrogen) atoms. The summed E-state index contributed by atoms with van der Waals surface area (Å²) in [4.78, 5) is 13.7. The number of nitrogens with zero attached hydrogens (tertiary/aromatic N) is 4. The smallest absolute Gasteiger partial charge is 0.147 e. The van der Waals surface area contributed by atoms with Crippen molar-refractivity contribution in [2.75, 3.05) is 0 Å². The molecule has 104 valence electrons. The van der Waals surface area contributed by atoms with Crippen LogP contribution < -0.4 is 0 Å². The molecule has 4 rings (SSSR count). The monoisotopic (exact) mass is 276 g/mol. The molecular formula is C17H16N4. The van der Waals surface area contributed by atoms with Gasteiger partial charge in [0.15, 0.2) is 0 Å². The van der Waals surface area contributed by atoms with Gasteiger partial charge in [-0.2, -0.15) is 0 Å². The zero-order valence-corrected chi connectivity index (χ0v) is 12.3. The fraction of sp³-hybridized carbons (Fsp3) is 0.235. The van der Waals surface area contributed by atoms with E-state index in [2.05, 4.69) is 42.3 Å². The number of imidazole rings is 1. The van der Waals surface area contributed by atoms with Crippen molar-refractivity contribution in [3.8, 4) is 0 Å². The number of rotatable bonds is 0. The summed E-state index contributed by atoms with van der Waals surface area (Å²) in [5.41, 5.74) is 5.04. The molecule has 4 heteroatoms. The maximum atomic E-state index is 4.80. The van der Waals surface area contributed by atoms with Gasteiger partial charge in [-0.1, -0.05) is 20.8 Å². The van der Waals surface area contributed by atoms with E-state index < -0.39 is 0 Å². The Bertz CT molecular complexity index is 977. The number of hydrogen-bond donors (Lipinski definition) is 0. The Kier molecular flexibility index (Phi) is 2.34. The third-order valence-electron chi connectivity index (χ3n) is 3.81. The second-order valence-corrected chi connectivity index (χ2v) is 6.36. The van der Waals surface area contributed by atoms with Crippen molar-refractivity contribution in [3.63, 3.8) is 0 Å². The number of hydrogen-bond acceptors (Lipinski definition) is 3. The van der Waals surface area contributed by atoms with Crippen molar-refractivity contribution in [2.24, 2.45) is 0 Å². The molecule has 4 nitrogen and oxygen atoms in total. The lowest BCUT2D eigenvalue weighted by molar-refractivity contribution is 0.571. The van der Waals surface area contributed by atoms with E-state index in [1.807, 2.05) is 24.5 Å². The van der Waals surface area contributed by atoms with Crippen molar-refractivity contribution in [1.29, 1.82) is 0 Å². The minimum atomic E-state index is 0.0460. The second-order valence-electron chi connectivity index (χ2n) is 6.36. The van der Waals surface area contributed by atoms with Gasteiger partial charge in [0.1, 0.15) is 5.65 Å². The van der Waals surface area contributed by atoms with Gasteiger partial charge in [-0.25, -0.2) is 4.98 Å². The molecule has 4 aromatic rings. The molecule has 0 aromatic carbocycles. The Morgan fingerprint density at radius 2 is 1.81 bits per heavy atom. The summed E-state index contributed by atoms with van der Waals surface area (Å²) in [6, 6.07) is 8.20.